The summed E-state index contributed by atoms with van der Waals surface area (Å²) in [5.41, 5.74) is 0. The van der Waals surface area contributed by atoms with Crippen LogP contribution < -0.4 is 10.6 Å². The van der Waals surface area contributed by atoms with Crippen molar-refractivity contribution in [3.8, 4) is 0 Å². The minimum absolute atomic E-state index is 0.541. The van der Waals surface area contributed by atoms with Crippen LogP contribution in [0.2, 0.25) is 0 Å². The number of hydrogen-bond donors (Lipinski definition) is 2. The molecule has 1 fully saturated rings. The third kappa shape index (κ3) is 3.55. The first-order valence-corrected chi connectivity index (χ1v) is 6.57. The first-order chi connectivity index (χ1) is 7.34. The molecule has 0 bridgehead atoms. The lowest BCUT2D eigenvalue weighted by Gasteiger charge is -2.26. The van der Waals surface area contributed by atoms with E-state index >= 15 is 0 Å². The number of piperidine rings is 1. The molecule has 2 N–H and O–H groups in total. The molecule has 1 unspecified atom stereocenters. The SMILES string of the molecule is CC(Cc1nccs1)NC1CCNCC1. The predicted molar refractivity (Wildman–Crippen MR) is 64.3 cm³/mol. The molecule has 1 aromatic rings. The molecule has 0 aliphatic carbocycles. The highest BCUT2D eigenvalue weighted by atomic mass is 32.1. The lowest BCUT2D eigenvalue weighted by atomic mass is 10.1. The largest absolute Gasteiger partial charge is 0.317 e. The Kier molecular flexibility index (Phi) is 4.11. The third-order valence-corrected chi connectivity index (χ3v) is 3.63. The van der Waals surface area contributed by atoms with E-state index in [4.69, 9.17) is 0 Å². The summed E-state index contributed by atoms with van der Waals surface area (Å²) in [5.74, 6) is 0. The highest BCUT2D eigenvalue weighted by Gasteiger charge is 2.15. The average molecular weight is 225 g/mol. The Bertz CT molecular complexity index is 267. The molecule has 1 atom stereocenters. The summed E-state index contributed by atoms with van der Waals surface area (Å²) in [6.45, 7) is 4.56. The predicted octanol–water partition coefficient (Wildman–Crippen LogP) is 1.42. The van der Waals surface area contributed by atoms with Crippen molar-refractivity contribution in [2.75, 3.05) is 13.1 Å². The molecule has 0 spiro atoms. The Morgan fingerprint density at radius 3 is 3.07 bits per heavy atom. The van der Waals surface area contributed by atoms with Crippen LogP contribution in [0.1, 0.15) is 24.8 Å². The molecule has 1 saturated heterocycles. The molecule has 2 heterocycles. The molecule has 0 aromatic carbocycles. The zero-order valence-electron chi connectivity index (χ0n) is 9.20. The highest BCUT2D eigenvalue weighted by Crippen LogP contribution is 2.09. The van der Waals surface area contributed by atoms with Crippen LogP contribution in [-0.2, 0) is 6.42 Å². The number of aromatic nitrogens is 1. The van der Waals surface area contributed by atoms with E-state index in [1.165, 1.54) is 17.8 Å². The number of rotatable bonds is 4. The topological polar surface area (TPSA) is 37.0 Å². The van der Waals surface area contributed by atoms with Gasteiger partial charge < -0.3 is 10.6 Å². The van der Waals surface area contributed by atoms with Gasteiger partial charge in [-0.25, -0.2) is 4.98 Å². The summed E-state index contributed by atoms with van der Waals surface area (Å²) in [5, 5.41) is 10.4. The average Bonchev–Trinajstić information content (AvgIpc) is 2.71. The van der Waals surface area contributed by atoms with Gasteiger partial charge >= 0.3 is 0 Å². The number of nitrogens with one attached hydrogen (secondary N) is 2. The van der Waals surface area contributed by atoms with Crippen LogP contribution in [0.25, 0.3) is 0 Å². The van der Waals surface area contributed by atoms with Crippen molar-refractivity contribution >= 4 is 11.3 Å². The normalized spacial score (nSPS) is 20.3. The molecule has 84 valence electrons. The van der Waals surface area contributed by atoms with Gasteiger partial charge in [0.2, 0.25) is 0 Å². The maximum absolute atomic E-state index is 4.32. The smallest absolute Gasteiger partial charge is 0.0940 e. The van der Waals surface area contributed by atoms with Crippen molar-refractivity contribution in [3.05, 3.63) is 16.6 Å². The minimum atomic E-state index is 0.541. The van der Waals surface area contributed by atoms with Crippen LogP contribution in [0.3, 0.4) is 0 Å². The molecular weight excluding hydrogens is 206 g/mol. The van der Waals surface area contributed by atoms with Crippen molar-refractivity contribution < 1.29 is 0 Å². The molecule has 0 saturated carbocycles. The van der Waals surface area contributed by atoms with E-state index in [0.717, 1.165) is 19.5 Å². The van der Waals surface area contributed by atoms with E-state index in [-0.39, 0.29) is 0 Å². The number of thiazole rings is 1. The monoisotopic (exact) mass is 225 g/mol. The van der Waals surface area contributed by atoms with Crippen LogP contribution in [0, 0.1) is 0 Å². The van der Waals surface area contributed by atoms with Gasteiger partial charge in [0.25, 0.3) is 0 Å². The quantitative estimate of drug-likeness (QED) is 0.813. The van der Waals surface area contributed by atoms with Gasteiger partial charge in [0.15, 0.2) is 0 Å². The second kappa shape index (κ2) is 5.58. The van der Waals surface area contributed by atoms with Gasteiger partial charge in [0, 0.05) is 30.1 Å². The van der Waals surface area contributed by atoms with E-state index in [1.807, 2.05) is 11.6 Å². The molecular formula is C11H19N3S. The van der Waals surface area contributed by atoms with Crippen molar-refractivity contribution in [1.82, 2.24) is 15.6 Å². The van der Waals surface area contributed by atoms with E-state index < -0.39 is 0 Å². The number of hydrogen-bond acceptors (Lipinski definition) is 4. The third-order valence-electron chi connectivity index (χ3n) is 2.82. The van der Waals surface area contributed by atoms with E-state index in [9.17, 15) is 0 Å². The molecule has 2 rings (SSSR count). The fourth-order valence-electron chi connectivity index (χ4n) is 2.07. The Balaban J connectivity index is 1.74. The van der Waals surface area contributed by atoms with E-state index in [2.05, 4.69) is 22.5 Å². The minimum Gasteiger partial charge on any atom is -0.317 e. The molecule has 4 heteroatoms. The second-order valence-electron chi connectivity index (χ2n) is 4.22. The summed E-state index contributed by atoms with van der Waals surface area (Å²) in [6, 6.07) is 1.24. The van der Waals surface area contributed by atoms with Crippen LogP contribution in [0.5, 0.6) is 0 Å². The summed E-state index contributed by atoms with van der Waals surface area (Å²) in [6.07, 6.45) is 5.45. The molecule has 1 aliphatic rings. The molecule has 3 nitrogen and oxygen atoms in total. The fourth-order valence-corrected chi connectivity index (χ4v) is 2.81. The molecule has 0 amide bonds. The van der Waals surface area contributed by atoms with E-state index in [1.54, 1.807) is 11.3 Å². The number of nitrogens with zero attached hydrogens (tertiary/aromatic N) is 1. The maximum atomic E-state index is 4.32. The molecule has 1 aromatic heterocycles. The Hall–Kier alpha value is -0.450. The van der Waals surface area contributed by atoms with Crippen LogP contribution in [0.4, 0.5) is 0 Å². The second-order valence-corrected chi connectivity index (χ2v) is 5.20. The van der Waals surface area contributed by atoms with E-state index in [0.29, 0.717) is 12.1 Å². The first kappa shape index (κ1) is 11.0. The lowest BCUT2D eigenvalue weighted by Crippen LogP contribution is -2.44. The molecule has 0 radical (unpaired) electrons. The molecule has 1 aliphatic heterocycles. The Morgan fingerprint density at radius 2 is 2.40 bits per heavy atom. The summed E-state index contributed by atoms with van der Waals surface area (Å²) in [7, 11) is 0. The van der Waals surface area contributed by atoms with Crippen LogP contribution in [0.15, 0.2) is 11.6 Å². The molecule has 15 heavy (non-hydrogen) atoms. The van der Waals surface area contributed by atoms with Crippen molar-refractivity contribution in [2.24, 2.45) is 0 Å². The van der Waals surface area contributed by atoms with Crippen molar-refractivity contribution in [3.63, 3.8) is 0 Å². The zero-order chi connectivity index (χ0) is 10.5. The van der Waals surface area contributed by atoms with Crippen LogP contribution >= 0.6 is 11.3 Å². The van der Waals surface area contributed by atoms with Crippen LogP contribution in [-0.4, -0.2) is 30.2 Å². The fraction of sp³-hybridized carbons (Fsp3) is 0.727. The Morgan fingerprint density at radius 1 is 1.60 bits per heavy atom. The first-order valence-electron chi connectivity index (χ1n) is 5.70. The summed E-state index contributed by atoms with van der Waals surface area (Å²) < 4.78 is 0. The van der Waals surface area contributed by atoms with Gasteiger partial charge in [0.1, 0.15) is 0 Å². The maximum Gasteiger partial charge on any atom is 0.0940 e. The Labute approximate surface area is 95.3 Å². The van der Waals surface area contributed by atoms with Gasteiger partial charge in [-0.3, -0.25) is 0 Å². The van der Waals surface area contributed by atoms with Gasteiger partial charge in [-0.1, -0.05) is 0 Å². The van der Waals surface area contributed by atoms with Crippen molar-refractivity contribution in [2.45, 2.75) is 38.3 Å². The standard InChI is InChI=1S/C11H19N3S/c1-9(8-11-13-6-7-15-11)14-10-2-4-12-5-3-10/h6-7,9-10,12,14H,2-5,8H2,1H3. The highest BCUT2D eigenvalue weighted by molar-refractivity contribution is 7.09. The van der Waals surface area contributed by atoms with Crippen molar-refractivity contribution in [1.29, 1.82) is 0 Å². The van der Waals surface area contributed by atoms with Gasteiger partial charge in [-0.2, -0.15) is 0 Å². The summed E-state index contributed by atoms with van der Waals surface area (Å²) in [4.78, 5) is 4.32. The summed E-state index contributed by atoms with van der Waals surface area (Å²) >= 11 is 1.75. The lowest BCUT2D eigenvalue weighted by molar-refractivity contribution is 0.354. The van der Waals surface area contributed by atoms with Gasteiger partial charge in [-0.15, -0.1) is 11.3 Å². The van der Waals surface area contributed by atoms with Gasteiger partial charge in [-0.05, 0) is 32.9 Å². The zero-order valence-corrected chi connectivity index (χ0v) is 10.0. The van der Waals surface area contributed by atoms with Gasteiger partial charge in [0.05, 0.1) is 5.01 Å².